The summed E-state index contributed by atoms with van der Waals surface area (Å²) in [6.45, 7) is 2.20. The Labute approximate surface area is 116 Å². The van der Waals surface area contributed by atoms with Crippen molar-refractivity contribution >= 4 is 21.6 Å². The van der Waals surface area contributed by atoms with Crippen LogP contribution in [0.15, 0.2) is 22.7 Å². The highest BCUT2D eigenvalue weighted by Gasteiger charge is 2.39. The van der Waals surface area contributed by atoms with Crippen LogP contribution in [-0.4, -0.2) is 45.6 Å². The summed E-state index contributed by atoms with van der Waals surface area (Å²) < 4.78 is 11.3. The molecule has 0 atom stereocenters. The van der Waals surface area contributed by atoms with Gasteiger partial charge < -0.3 is 19.5 Å². The van der Waals surface area contributed by atoms with Crippen LogP contribution in [0.5, 0.6) is 5.75 Å². The van der Waals surface area contributed by atoms with E-state index in [0.29, 0.717) is 13.2 Å². The number of halogens is 1. The minimum atomic E-state index is -0.110. The molecule has 0 saturated carbocycles. The van der Waals surface area contributed by atoms with Crippen molar-refractivity contribution in [2.45, 2.75) is 0 Å². The molecule has 100 valence electrons. The summed E-state index contributed by atoms with van der Waals surface area (Å²) in [5, 5.41) is 9.43. The minimum Gasteiger partial charge on any atom is -0.496 e. The predicted molar refractivity (Wildman–Crippen MR) is 74.3 cm³/mol. The van der Waals surface area contributed by atoms with E-state index in [4.69, 9.17) is 9.47 Å². The smallest absolute Gasteiger partial charge is 0.133 e. The number of ether oxygens (including phenoxy) is 2. The lowest BCUT2D eigenvalue weighted by atomic mass is 9.86. The molecular formula is C13H18BrNO3. The molecule has 1 heterocycles. The standard InChI is InChI=1S/C13H18BrNO3/c1-15(6-13(7-16)8-18-9-13)10-3-4-12(17-2)11(14)5-10/h3-5,16H,6-9H2,1-2H3. The van der Waals surface area contributed by atoms with Crippen LogP contribution < -0.4 is 9.64 Å². The molecular weight excluding hydrogens is 298 g/mol. The Morgan fingerprint density at radius 3 is 2.67 bits per heavy atom. The molecule has 0 aliphatic carbocycles. The number of aliphatic hydroxyl groups excluding tert-OH is 1. The molecule has 0 radical (unpaired) electrons. The van der Waals surface area contributed by atoms with Crippen molar-refractivity contribution in [1.29, 1.82) is 0 Å². The summed E-state index contributed by atoms with van der Waals surface area (Å²) in [7, 11) is 3.67. The maximum Gasteiger partial charge on any atom is 0.133 e. The van der Waals surface area contributed by atoms with E-state index in [1.165, 1.54) is 0 Å². The van der Waals surface area contributed by atoms with Gasteiger partial charge in [-0.1, -0.05) is 0 Å². The summed E-state index contributed by atoms with van der Waals surface area (Å²) >= 11 is 3.48. The molecule has 0 amide bonds. The molecule has 1 aromatic carbocycles. The van der Waals surface area contributed by atoms with Crippen LogP contribution in [-0.2, 0) is 4.74 Å². The number of anilines is 1. The summed E-state index contributed by atoms with van der Waals surface area (Å²) in [5.41, 5.74) is 0.976. The maximum absolute atomic E-state index is 9.43. The number of rotatable bonds is 5. The van der Waals surface area contributed by atoms with Gasteiger partial charge >= 0.3 is 0 Å². The number of hydrogen-bond acceptors (Lipinski definition) is 4. The van der Waals surface area contributed by atoms with Crippen LogP contribution in [0.4, 0.5) is 5.69 Å². The molecule has 1 saturated heterocycles. The number of methoxy groups -OCH3 is 1. The number of benzene rings is 1. The molecule has 0 spiro atoms. The summed E-state index contributed by atoms with van der Waals surface area (Å²) in [6.07, 6.45) is 0. The molecule has 0 unspecified atom stereocenters. The van der Waals surface area contributed by atoms with Crippen LogP contribution >= 0.6 is 15.9 Å². The number of hydrogen-bond donors (Lipinski definition) is 1. The minimum absolute atomic E-state index is 0.110. The third kappa shape index (κ3) is 2.63. The van der Waals surface area contributed by atoms with E-state index in [1.54, 1.807) is 7.11 Å². The van der Waals surface area contributed by atoms with Crippen molar-refractivity contribution in [1.82, 2.24) is 0 Å². The van der Waals surface area contributed by atoms with Gasteiger partial charge in [-0.25, -0.2) is 0 Å². The van der Waals surface area contributed by atoms with Crippen LogP contribution in [0, 0.1) is 5.41 Å². The van der Waals surface area contributed by atoms with Gasteiger partial charge in [0.15, 0.2) is 0 Å². The third-order valence-corrected chi connectivity index (χ3v) is 3.92. The van der Waals surface area contributed by atoms with E-state index in [9.17, 15) is 5.11 Å². The second-order valence-electron chi connectivity index (χ2n) is 4.83. The largest absolute Gasteiger partial charge is 0.496 e. The first-order valence-electron chi connectivity index (χ1n) is 5.83. The third-order valence-electron chi connectivity index (χ3n) is 3.30. The molecule has 1 aliphatic rings. The van der Waals surface area contributed by atoms with Gasteiger partial charge in [0.1, 0.15) is 5.75 Å². The van der Waals surface area contributed by atoms with E-state index in [1.807, 2.05) is 25.2 Å². The number of nitrogens with zero attached hydrogens (tertiary/aromatic N) is 1. The SMILES string of the molecule is COc1ccc(N(C)CC2(CO)COC2)cc1Br. The molecule has 4 nitrogen and oxygen atoms in total. The molecule has 1 aromatic rings. The molecule has 0 aromatic heterocycles. The van der Waals surface area contributed by atoms with Crippen molar-refractivity contribution in [2.75, 3.05) is 45.4 Å². The fraction of sp³-hybridized carbons (Fsp3) is 0.538. The second kappa shape index (κ2) is 5.47. The van der Waals surface area contributed by atoms with Gasteiger partial charge in [-0.2, -0.15) is 0 Å². The number of aliphatic hydroxyl groups is 1. The van der Waals surface area contributed by atoms with Crippen LogP contribution in [0.25, 0.3) is 0 Å². The van der Waals surface area contributed by atoms with Crippen LogP contribution in [0.3, 0.4) is 0 Å². The van der Waals surface area contributed by atoms with E-state index < -0.39 is 0 Å². The Hall–Kier alpha value is -0.780. The van der Waals surface area contributed by atoms with Gasteiger partial charge in [0.05, 0.1) is 36.8 Å². The Balaban J connectivity index is 2.09. The van der Waals surface area contributed by atoms with E-state index >= 15 is 0 Å². The summed E-state index contributed by atoms with van der Waals surface area (Å²) in [6, 6.07) is 5.95. The van der Waals surface area contributed by atoms with Crippen LogP contribution in [0.1, 0.15) is 0 Å². The van der Waals surface area contributed by atoms with E-state index in [-0.39, 0.29) is 12.0 Å². The first kappa shape index (κ1) is 13.6. The monoisotopic (exact) mass is 315 g/mol. The summed E-state index contributed by atoms with van der Waals surface area (Å²) in [5.74, 6) is 0.816. The van der Waals surface area contributed by atoms with Crippen molar-refractivity contribution in [3.8, 4) is 5.75 Å². The van der Waals surface area contributed by atoms with E-state index in [2.05, 4.69) is 20.8 Å². The van der Waals surface area contributed by atoms with Gasteiger partial charge in [0.25, 0.3) is 0 Å². The molecule has 2 rings (SSSR count). The fourth-order valence-corrected chi connectivity index (χ4v) is 2.64. The summed E-state index contributed by atoms with van der Waals surface area (Å²) in [4.78, 5) is 2.13. The lowest BCUT2D eigenvalue weighted by molar-refractivity contribution is -0.130. The predicted octanol–water partition coefficient (Wildman–Crippen LogP) is 1.90. The van der Waals surface area contributed by atoms with Crippen molar-refractivity contribution in [3.05, 3.63) is 22.7 Å². The Bertz CT molecular complexity index is 415. The van der Waals surface area contributed by atoms with Gasteiger partial charge in [0.2, 0.25) is 0 Å². The highest BCUT2D eigenvalue weighted by atomic mass is 79.9. The van der Waals surface area contributed by atoms with Gasteiger partial charge in [-0.05, 0) is 34.1 Å². The highest BCUT2D eigenvalue weighted by Crippen LogP contribution is 2.32. The molecule has 0 bridgehead atoms. The average Bonchev–Trinajstić information content (AvgIpc) is 2.33. The maximum atomic E-state index is 9.43. The Morgan fingerprint density at radius 1 is 1.50 bits per heavy atom. The average molecular weight is 316 g/mol. The molecule has 1 aliphatic heterocycles. The zero-order chi connectivity index (χ0) is 13.2. The quantitative estimate of drug-likeness (QED) is 0.901. The topological polar surface area (TPSA) is 41.9 Å². The highest BCUT2D eigenvalue weighted by molar-refractivity contribution is 9.10. The first-order valence-corrected chi connectivity index (χ1v) is 6.63. The van der Waals surface area contributed by atoms with Crippen molar-refractivity contribution in [3.63, 3.8) is 0 Å². The van der Waals surface area contributed by atoms with Gasteiger partial charge in [-0.15, -0.1) is 0 Å². The molecule has 18 heavy (non-hydrogen) atoms. The van der Waals surface area contributed by atoms with Gasteiger partial charge in [-0.3, -0.25) is 0 Å². The zero-order valence-corrected chi connectivity index (χ0v) is 12.2. The second-order valence-corrected chi connectivity index (χ2v) is 5.68. The Kier molecular flexibility index (Phi) is 4.14. The van der Waals surface area contributed by atoms with Crippen LogP contribution in [0.2, 0.25) is 0 Å². The van der Waals surface area contributed by atoms with Crippen molar-refractivity contribution in [2.24, 2.45) is 5.41 Å². The van der Waals surface area contributed by atoms with E-state index in [0.717, 1.165) is 22.5 Å². The normalized spacial score (nSPS) is 17.1. The lowest BCUT2D eigenvalue weighted by Gasteiger charge is -2.42. The lowest BCUT2D eigenvalue weighted by Crippen LogP contribution is -2.52. The first-order chi connectivity index (χ1) is 8.60. The Morgan fingerprint density at radius 2 is 2.22 bits per heavy atom. The van der Waals surface area contributed by atoms with Crippen molar-refractivity contribution < 1.29 is 14.6 Å². The molecule has 1 fully saturated rings. The molecule has 5 heteroatoms. The van der Waals surface area contributed by atoms with Gasteiger partial charge in [0, 0.05) is 19.3 Å². The molecule has 1 N–H and O–H groups in total. The fourth-order valence-electron chi connectivity index (χ4n) is 2.11. The zero-order valence-electron chi connectivity index (χ0n) is 10.6.